The van der Waals surface area contributed by atoms with E-state index in [4.69, 9.17) is 23.7 Å². The summed E-state index contributed by atoms with van der Waals surface area (Å²) in [5.74, 6) is 0.789. The van der Waals surface area contributed by atoms with Crippen LogP contribution in [0.5, 0.6) is 28.7 Å². The zero-order chi connectivity index (χ0) is 34.8. The smallest absolute Gasteiger partial charge is 0.265 e. The molecule has 48 heavy (non-hydrogen) atoms. The topological polar surface area (TPSA) is 133 Å². The first-order valence-electron chi connectivity index (χ1n) is 15.8. The van der Waals surface area contributed by atoms with E-state index in [1.165, 1.54) is 57.6 Å². The minimum atomic E-state index is -4.45. The first-order valence-corrected chi connectivity index (χ1v) is 17.2. The highest BCUT2D eigenvalue weighted by Gasteiger charge is 2.35. The van der Waals surface area contributed by atoms with Crippen LogP contribution < -0.4 is 33.3 Å². The monoisotopic (exact) mass is 683 g/mol. The lowest BCUT2D eigenvalue weighted by Crippen LogP contribution is -2.53. The lowest BCUT2D eigenvalue weighted by atomic mass is 9.95. The Kier molecular flexibility index (Phi) is 12.4. The first-order chi connectivity index (χ1) is 23.1. The predicted octanol–water partition coefficient (Wildman–Crippen LogP) is 4.79. The number of sulfonamides is 1. The molecule has 1 aliphatic carbocycles. The van der Waals surface area contributed by atoms with Crippen molar-refractivity contribution in [1.82, 2.24) is 10.2 Å². The number of carbonyl (C=O) groups excluding carboxylic acids is 2. The van der Waals surface area contributed by atoms with Crippen molar-refractivity contribution in [2.75, 3.05) is 46.4 Å². The van der Waals surface area contributed by atoms with Gasteiger partial charge in [-0.25, -0.2) is 8.42 Å². The summed E-state index contributed by atoms with van der Waals surface area (Å²) in [6.07, 6.45) is 4.93. The van der Waals surface area contributed by atoms with Crippen molar-refractivity contribution in [3.63, 3.8) is 0 Å². The molecule has 0 bridgehead atoms. The van der Waals surface area contributed by atoms with Crippen LogP contribution in [-0.4, -0.2) is 79.3 Å². The molecule has 1 atom stereocenters. The first kappa shape index (κ1) is 36.2. The minimum absolute atomic E-state index is 0.0228. The Labute approximate surface area is 282 Å². The molecule has 0 unspecified atom stereocenters. The summed E-state index contributed by atoms with van der Waals surface area (Å²) < 4.78 is 56.9. The second kappa shape index (κ2) is 16.4. The molecule has 1 N–H and O–H groups in total. The van der Waals surface area contributed by atoms with Crippen LogP contribution in [0.2, 0.25) is 0 Å². The van der Waals surface area contributed by atoms with E-state index in [9.17, 15) is 18.0 Å². The average Bonchev–Trinajstić information content (AvgIpc) is 3.12. The number of ether oxygens (including phenoxy) is 5. The van der Waals surface area contributed by atoms with Crippen molar-refractivity contribution in [3.05, 3.63) is 66.2 Å². The molecule has 3 aromatic rings. The number of rotatable bonds is 15. The third kappa shape index (κ3) is 8.43. The van der Waals surface area contributed by atoms with Gasteiger partial charge in [0.05, 0.1) is 46.1 Å². The Bertz CT molecular complexity index is 1660. The van der Waals surface area contributed by atoms with Crippen LogP contribution in [0.4, 0.5) is 5.69 Å². The number of hydrogen-bond donors (Lipinski definition) is 1. The Morgan fingerprint density at radius 3 is 1.98 bits per heavy atom. The fourth-order valence-electron chi connectivity index (χ4n) is 5.69. The molecule has 12 nitrogen and oxygen atoms in total. The molecule has 1 saturated carbocycles. The summed E-state index contributed by atoms with van der Waals surface area (Å²) in [5, 5.41) is 3.11. The number of nitrogens with zero attached hydrogens (tertiary/aromatic N) is 2. The molecular weight excluding hydrogens is 638 g/mol. The van der Waals surface area contributed by atoms with Crippen molar-refractivity contribution in [1.29, 1.82) is 0 Å². The van der Waals surface area contributed by atoms with Gasteiger partial charge in [0, 0.05) is 24.7 Å². The predicted molar refractivity (Wildman–Crippen MR) is 182 cm³/mol. The molecule has 0 saturated heterocycles. The summed E-state index contributed by atoms with van der Waals surface area (Å²) in [4.78, 5) is 29.3. The van der Waals surface area contributed by atoms with Gasteiger partial charge >= 0.3 is 0 Å². The second-order valence-electron chi connectivity index (χ2n) is 11.5. The van der Waals surface area contributed by atoms with Crippen LogP contribution in [0.1, 0.15) is 44.6 Å². The van der Waals surface area contributed by atoms with Gasteiger partial charge in [-0.1, -0.05) is 31.4 Å². The Balaban J connectivity index is 1.78. The van der Waals surface area contributed by atoms with Gasteiger partial charge in [-0.3, -0.25) is 13.9 Å². The number of hydrogen-bond acceptors (Lipinski definition) is 9. The maximum Gasteiger partial charge on any atom is 0.265 e. The highest BCUT2D eigenvalue weighted by molar-refractivity contribution is 7.92. The van der Waals surface area contributed by atoms with Crippen LogP contribution in [0.15, 0.2) is 65.6 Å². The number of anilines is 1. The van der Waals surface area contributed by atoms with Gasteiger partial charge in [0.25, 0.3) is 10.0 Å². The van der Waals surface area contributed by atoms with E-state index in [0.717, 1.165) is 42.0 Å². The summed E-state index contributed by atoms with van der Waals surface area (Å²) in [6, 6.07) is 15.1. The fraction of sp³-hybridized carbons (Fsp3) is 0.429. The third-order valence-electron chi connectivity index (χ3n) is 8.51. The van der Waals surface area contributed by atoms with Crippen LogP contribution in [0.3, 0.4) is 0 Å². The molecule has 0 radical (unpaired) electrons. The Hall–Kier alpha value is -4.65. The van der Waals surface area contributed by atoms with Gasteiger partial charge in [-0.2, -0.15) is 0 Å². The van der Waals surface area contributed by atoms with Crippen molar-refractivity contribution >= 4 is 27.5 Å². The molecule has 0 spiro atoms. The van der Waals surface area contributed by atoms with Gasteiger partial charge in [-0.15, -0.1) is 0 Å². The summed E-state index contributed by atoms with van der Waals surface area (Å²) in [5.41, 5.74) is 0.804. The van der Waals surface area contributed by atoms with Crippen LogP contribution in [0.25, 0.3) is 0 Å². The largest absolute Gasteiger partial charge is 0.497 e. The molecule has 0 aliphatic heterocycles. The molecule has 3 aromatic carbocycles. The average molecular weight is 684 g/mol. The van der Waals surface area contributed by atoms with E-state index in [0.29, 0.717) is 17.2 Å². The zero-order valence-corrected chi connectivity index (χ0v) is 29.2. The standard InChI is InChI=1S/C35H45N3O9S/c1-24(35(40)36-26-10-8-7-9-11-26)37(22-25-12-14-27(43-2)15-13-25)34(39)23-38(30-20-28(44-3)16-18-31(30)45-4)48(41,42)29-17-19-32(46-5)33(21-29)47-6/h12-21,24,26H,7-11,22-23H2,1-6H3,(H,36,40)/t24-/m1/s1. The number of amides is 2. The van der Waals surface area contributed by atoms with E-state index in [2.05, 4.69) is 5.32 Å². The second-order valence-corrected chi connectivity index (χ2v) is 13.3. The summed E-state index contributed by atoms with van der Waals surface area (Å²) in [6.45, 7) is 1.04. The van der Waals surface area contributed by atoms with Gasteiger partial charge in [0.1, 0.15) is 29.8 Å². The number of benzene rings is 3. The van der Waals surface area contributed by atoms with Crippen molar-refractivity contribution in [2.45, 2.75) is 62.6 Å². The maximum absolute atomic E-state index is 14.5. The number of carbonyl (C=O) groups is 2. The van der Waals surface area contributed by atoms with Gasteiger partial charge in [0.15, 0.2) is 11.5 Å². The van der Waals surface area contributed by atoms with Gasteiger partial charge < -0.3 is 33.9 Å². The van der Waals surface area contributed by atoms with E-state index in [1.807, 2.05) is 0 Å². The molecular formula is C35H45N3O9S. The Morgan fingerprint density at radius 1 is 0.771 bits per heavy atom. The van der Waals surface area contributed by atoms with Crippen molar-refractivity contribution in [3.8, 4) is 28.7 Å². The minimum Gasteiger partial charge on any atom is -0.497 e. The molecule has 2 amide bonds. The normalized spacial score (nSPS) is 14.0. The van der Waals surface area contributed by atoms with Gasteiger partial charge in [0.2, 0.25) is 11.8 Å². The maximum atomic E-state index is 14.5. The highest BCUT2D eigenvalue weighted by Crippen LogP contribution is 2.38. The van der Waals surface area contributed by atoms with E-state index < -0.39 is 28.5 Å². The van der Waals surface area contributed by atoms with Crippen LogP contribution in [0, 0.1) is 0 Å². The van der Waals surface area contributed by atoms with Crippen molar-refractivity contribution in [2.24, 2.45) is 0 Å². The van der Waals surface area contributed by atoms with E-state index in [1.54, 1.807) is 50.4 Å². The summed E-state index contributed by atoms with van der Waals surface area (Å²) >= 11 is 0. The summed E-state index contributed by atoms with van der Waals surface area (Å²) in [7, 11) is 2.81. The van der Waals surface area contributed by atoms with Crippen LogP contribution in [-0.2, 0) is 26.2 Å². The lowest BCUT2D eigenvalue weighted by Gasteiger charge is -2.33. The van der Waals surface area contributed by atoms with E-state index >= 15 is 0 Å². The molecule has 1 aliphatic rings. The van der Waals surface area contributed by atoms with E-state index in [-0.39, 0.29) is 40.6 Å². The highest BCUT2D eigenvalue weighted by atomic mass is 32.2. The quantitative estimate of drug-likeness (QED) is 0.240. The zero-order valence-electron chi connectivity index (χ0n) is 28.4. The van der Waals surface area contributed by atoms with Crippen molar-refractivity contribution < 1.29 is 41.7 Å². The molecule has 0 heterocycles. The molecule has 0 aromatic heterocycles. The number of methoxy groups -OCH3 is 5. The molecule has 4 rings (SSSR count). The lowest BCUT2D eigenvalue weighted by molar-refractivity contribution is -0.139. The third-order valence-corrected chi connectivity index (χ3v) is 10.3. The molecule has 1 fully saturated rings. The SMILES string of the molecule is COc1ccc(CN(C(=O)CN(c2cc(OC)ccc2OC)S(=O)(=O)c2ccc(OC)c(OC)c2)[C@H](C)C(=O)NC2CCCCC2)cc1. The molecule has 13 heteroatoms. The van der Waals surface area contributed by atoms with Gasteiger partial charge in [-0.05, 0) is 61.7 Å². The van der Waals surface area contributed by atoms with Crippen LogP contribution >= 0.6 is 0 Å². The fourth-order valence-corrected chi connectivity index (χ4v) is 7.12. The molecule has 260 valence electrons. The Morgan fingerprint density at radius 2 is 1.38 bits per heavy atom. The number of nitrogens with one attached hydrogen (secondary N) is 1.